The third kappa shape index (κ3) is 3.51. The van der Waals surface area contributed by atoms with Gasteiger partial charge in [0.25, 0.3) is 0 Å². The van der Waals surface area contributed by atoms with Crippen molar-refractivity contribution >= 4 is 35.5 Å². The van der Waals surface area contributed by atoms with E-state index >= 15 is 0 Å². The molecule has 0 N–H and O–H groups in total. The van der Waals surface area contributed by atoms with Gasteiger partial charge in [-0.1, -0.05) is 0 Å². The van der Waals surface area contributed by atoms with Gasteiger partial charge in [0, 0.05) is 0 Å². The molecular weight excluding hydrogens is 590 g/mol. The molecular formula is C26H32Cl2HfSi. The fourth-order valence-corrected chi connectivity index (χ4v) is 56.9. The summed E-state index contributed by atoms with van der Waals surface area (Å²) in [5.41, 5.74) is 11.0. The van der Waals surface area contributed by atoms with Crippen molar-refractivity contribution in [2.24, 2.45) is 0 Å². The van der Waals surface area contributed by atoms with Crippen molar-refractivity contribution < 1.29 is 14.8 Å². The molecule has 0 fully saturated rings. The predicted octanol–water partition coefficient (Wildman–Crippen LogP) is 8.49. The van der Waals surface area contributed by atoms with Crippen LogP contribution in [0.5, 0.6) is 0 Å². The summed E-state index contributed by atoms with van der Waals surface area (Å²) in [5.74, 6) is 0. The molecule has 4 rings (SSSR count). The Labute approximate surface area is 190 Å². The number of hydrogen-bond donors (Lipinski definition) is 0. The van der Waals surface area contributed by atoms with E-state index < -0.39 is 14.8 Å². The summed E-state index contributed by atoms with van der Waals surface area (Å²) in [6, 6.07) is 14.6. The van der Waals surface area contributed by atoms with Crippen LogP contribution in [0, 0.1) is 13.8 Å². The Morgan fingerprint density at radius 3 is 1.70 bits per heavy atom. The van der Waals surface area contributed by atoms with Gasteiger partial charge in [0.2, 0.25) is 0 Å². The van der Waals surface area contributed by atoms with Crippen molar-refractivity contribution in [1.29, 1.82) is 0 Å². The van der Waals surface area contributed by atoms with E-state index in [4.69, 9.17) is 17.2 Å². The molecule has 0 saturated heterocycles. The van der Waals surface area contributed by atoms with Gasteiger partial charge in [-0.3, -0.25) is 0 Å². The second-order valence-electron chi connectivity index (χ2n) is 9.37. The Hall–Kier alpha value is -0.413. The molecule has 30 heavy (non-hydrogen) atoms. The molecule has 0 amide bonds. The monoisotopic (exact) mass is 622 g/mol. The maximum atomic E-state index is 8.13. The summed E-state index contributed by atoms with van der Waals surface area (Å²) in [6.45, 7) is 11.2. The van der Waals surface area contributed by atoms with Crippen molar-refractivity contribution in [1.82, 2.24) is 0 Å². The number of aryl methyl sites for hydroxylation is 2. The third-order valence-corrected chi connectivity index (χ3v) is 53.8. The van der Waals surface area contributed by atoms with Crippen molar-refractivity contribution in [2.45, 2.75) is 60.9 Å². The molecule has 2 aromatic carbocycles. The molecule has 0 aromatic heterocycles. The molecule has 0 nitrogen and oxygen atoms in total. The Bertz CT molecular complexity index is 1070. The third-order valence-electron chi connectivity index (χ3n) is 7.19. The molecule has 2 unspecified atom stereocenters. The van der Waals surface area contributed by atoms with Gasteiger partial charge in [0.1, 0.15) is 0 Å². The molecule has 0 spiro atoms. The SMILES string of the molecule is CCCC[SiH]=[Hf]([Cl])([Cl])([CH]1C(C)=Cc2c(C)cccc21)[CH]1C(C)=Cc2c(C)cccc21. The van der Waals surface area contributed by atoms with Crippen LogP contribution in [0.1, 0.15) is 74.3 Å². The van der Waals surface area contributed by atoms with Gasteiger partial charge in [-0.15, -0.1) is 0 Å². The van der Waals surface area contributed by atoms with E-state index in [0.29, 0.717) is 0 Å². The predicted molar refractivity (Wildman–Crippen MR) is 134 cm³/mol. The molecule has 0 saturated carbocycles. The number of hydrogen-bond acceptors (Lipinski definition) is 0. The van der Waals surface area contributed by atoms with Crippen LogP contribution >= 0.6 is 17.2 Å². The number of fused-ring (bicyclic) bond motifs is 2. The van der Waals surface area contributed by atoms with Gasteiger partial charge < -0.3 is 0 Å². The summed E-state index contributed by atoms with van der Waals surface area (Å²) >= 11 is -4.53. The molecule has 2 aliphatic rings. The van der Waals surface area contributed by atoms with E-state index in [-0.39, 0.29) is 13.6 Å². The van der Waals surface area contributed by atoms with Gasteiger partial charge in [0.15, 0.2) is 0 Å². The summed E-state index contributed by atoms with van der Waals surface area (Å²) < 4.78 is 0.457. The standard InChI is InChI=1S/2C11H11.C4H10Si.2ClH.Hf/c2*1-8-6-10-5-3-4-9(2)11(10)7-8;1-2-3-4-5;;;/h2*3-7H,1-2H3;5H,2-4H2,1H3;2*1H;/q;;;;;+2/p-2. The van der Waals surface area contributed by atoms with E-state index in [2.05, 4.69) is 83.2 Å². The van der Waals surface area contributed by atoms with Gasteiger partial charge in [-0.25, -0.2) is 0 Å². The quantitative estimate of drug-likeness (QED) is 0.232. The molecule has 2 aromatic rings. The zero-order valence-electron chi connectivity index (χ0n) is 18.7. The Morgan fingerprint density at radius 1 is 0.800 bits per heavy atom. The second kappa shape index (κ2) is 8.18. The van der Waals surface area contributed by atoms with Crippen LogP contribution in [-0.2, 0) is 14.8 Å². The molecule has 0 heterocycles. The van der Waals surface area contributed by atoms with E-state index in [9.17, 15) is 0 Å². The van der Waals surface area contributed by atoms with Crippen molar-refractivity contribution in [3.63, 3.8) is 0 Å². The number of unbranched alkanes of at least 4 members (excludes halogenated alkanes) is 1. The Balaban J connectivity index is 2.01. The zero-order chi connectivity index (χ0) is 21.7. The summed E-state index contributed by atoms with van der Waals surface area (Å²) in [7, 11) is 16.3. The van der Waals surface area contributed by atoms with Gasteiger partial charge in [0.05, 0.1) is 0 Å². The van der Waals surface area contributed by atoms with E-state index in [0.717, 1.165) is 0 Å². The van der Waals surface area contributed by atoms with Crippen LogP contribution in [0.3, 0.4) is 0 Å². The van der Waals surface area contributed by atoms with Crippen LogP contribution in [0.15, 0.2) is 47.5 Å². The minimum atomic E-state index is -4.53. The first-order chi connectivity index (χ1) is 14.2. The van der Waals surface area contributed by atoms with Crippen molar-refractivity contribution in [3.05, 3.63) is 80.9 Å². The molecule has 0 aliphatic heterocycles. The average molecular weight is 622 g/mol. The first-order valence-corrected chi connectivity index (χ1v) is 31.8. The fourth-order valence-electron chi connectivity index (χ4n) is 5.87. The fraction of sp³-hybridized carbons (Fsp3) is 0.385. The van der Waals surface area contributed by atoms with Crippen LogP contribution in [-0.4, -0.2) is 6.22 Å². The van der Waals surface area contributed by atoms with E-state index in [1.165, 1.54) is 63.4 Å². The molecule has 158 valence electrons. The van der Waals surface area contributed by atoms with Crippen LogP contribution in [0.4, 0.5) is 0 Å². The number of rotatable bonds is 5. The van der Waals surface area contributed by atoms with E-state index in [1.807, 2.05) is 0 Å². The average Bonchev–Trinajstić information content (AvgIpc) is 3.21. The first-order valence-electron chi connectivity index (χ1n) is 11.2. The molecule has 2 atom stereocenters. The number of benzene rings is 2. The van der Waals surface area contributed by atoms with Crippen LogP contribution < -0.4 is 0 Å². The van der Waals surface area contributed by atoms with Crippen LogP contribution in [0.2, 0.25) is 6.04 Å². The zero-order valence-corrected chi connectivity index (χ0v) is 25.0. The van der Waals surface area contributed by atoms with Gasteiger partial charge >= 0.3 is 192 Å². The molecule has 2 aliphatic carbocycles. The summed E-state index contributed by atoms with van der Waals surface area (Å²) in [4.78, 5) is 0. The summed E-state index contributed by atoms with van der Waals surface area (Å²) in [6.07, 6.45) is 7.20. The topological polar surface area (TPSA) is 0 Å². The minimum absolute atomic E-state index is 0.0131. The maximum absolute atomic E-state index is 8.13. The second-order valence-corrected chi connectivity index (χ2v) is 59.3. The first kappa shape index (κ1) is 22.8. The number of halogens is 2. The Morgan fingerprint density at radius 2 is 1.27 bits per heavy atom. The Kier molecular flexibility index (Phi) is 6.20. The van der Waals surface area contributed by atoms with Crippen molar-refractivity contribution in [2.75, 3.05) is 0 Å². The molecule has 0 bridgehead atoms. The number of allylic oxidation sites excluding steroid dienone is 2. The van der Waals surface area contributed by atoms with Gasteiger partial charge in [-0.05, 0) is 0 Å². The molecule has 0 radical (unpaired) electrons. The summed E-state index contributed by atoms with van der Waals surface area (Å²) in [5, 5.41) is 0. The normalized spacial score (nSPS) is 20.5. The van der Waals surface area contributed by atoms with Gasteiger partial charge in [-0.2, -0.15) is 0 Å². The van der Waals surface area contributed by atoms with E-state index in [1.54, 1.807) is 0 Å². The van der Waals surface area contributed by atoms with Crippen molar-refractivity contribution in [3.8, 4) is 0 Å². The molecule has 4 heteroatoms. The van der Waals surface area contributed by atoms with Crippen LogP contribution in [0.25, 0.3) is 12.2 Å².